The molecule has 0 bridgehead atoms. The minimum atomic E-state index is -0.0313. The molecule has 0 amide bonds. The zero-order valence-electron chi connectivity index (χ0n) is 11.0. The molecule has 0 heterocycles. The van der Waals surface area contributed by atoms with Crippen LogP contribution in [0.2, 0.25) is 0 Å². The molecule has 0 aliphatic rings. The van der Waals surface area contributed by atoms with E-state index in [-0.39, 0.29) is 5.12 Å². The number of rotatable bonds is 5. The molecule has 0 spiro atoms. The van der Waals surface area contributed by atoms with Crippen LogP contribution in [0.5, 0.6) is 0 Å². The van der Waals surface area contributed by atoms with E-state index in [2.05, 4.69) is 25.0 Å². The second kappa shape index (κ2) is 7.62. The summed E-state index contributed by atoms with van der Waals surface area (Å²) in [6, 6.07) is 16.2. The van der Waals surface area contributed by atoms with Crippen LogP contribution in [0.15, 0.2) is 80.8 Å². The predicted octanol–water partition coefficient (Wildman–Crippen LogP) is 5.36. The van der Waals surface area contributed by atoms with Crippen molar-refractivity contribution >= 4 is 40.4 Å². The molecular weight excluding hydrogens is 304 g/mol. The highest BCUT2D eigenvalue weighted by molar-refractivity contribution is 8.14. The van der Waals surface area contributed by atoms with E-state index in [9.17, 15) is 4.79 Å². The van der Waals surface area contributed by atoms with E-state index in [1.165, 1.54) is 27.6 Å². The molecule has 0 radical (unpaired) electrons. The molecule has 102 valence electrons. The van der Waals surface area contributed by atoms with Gasteiger partial charge in [0.25, 0.3) is 0 Å². The number of thioether (sulfide) groups is 2. The molecule has 0 aliphatic heterocycles. The Kier molecular flexibility index (Phi) is 5.83. The zero-order valence-corrected chi connectivity index (χ0v) is 13.5. The Labute approximate surface area is 132 Å². The van der Waals surface area contributed by atoms with E-state index in [0.717, 1.165) is 9.79 Å². The molecule has 0 saturated heterocycles. The van der Waals surface area contributed by atoms with Gasteiger partial charge in [-0.05, 0) is 48.4 Å². The van der Waals surface area contributed by atoms with Gasteiger partial charge >= 0.3 is 0 Å². The van der Waals surface area contributed by atoms with E-state index >= 15 is 0 Å². The summed E-state index contributed by atoms with van der Waals surface area (Å²) >= 11 is 4.64. The van der Waals surface area contributed by atoms with Crippen molar-refractivity contribution in [2.24, 2.45) is 0 Å². The van der Waals surface area contributed by atoms with Crippen LogP contribution in [-0.2, 0) is 4.79 Å². The van der Waals surface area contributed by atoms with Gasteiger partial charge in [-0.25, -0.2) is 0 Å². The van der Waals surface area contributed by atoms with E-state index in [4.69, 9.17) is 0 Å². The van der Waals surface area contributed by atoms with Gasteiger partial charge in [-0.2, -0.15) is 0 Å². The summed E-state index contributed by atoms with van der Waals surface area (Å²) in [5.74, 6) is 0. The van der Waals surface area contributed by atoms with Crippen molar-refractivity contribution < 1.29 is 4.79 Å². The molecular formula is C16H14OS3. The van der Waals surface area contributed by atoms with Crippen molar-refractivity contribution in [2.75, 3.05) is 6.26 Å². The normalized spacial score (nSPS) is 10.2. The van der Waals surface area contributed by atoms with Gasteiger partial charge < -0.3 is 0 Å². The molecule has 2 aromatic carbocycles. The fourth-order valence-electron chi connectivity index (χ4n) is 1.59. The molecule has 1 nitrogen and oxygen atoms in total. The predicted molar refractivity (Wildman–Crippen MR) is 89.8 cm³/mol. The van der Waals surface area contributed by atoms with Gasteiger partial charge in [0.2, 0.25) is 5.12 Å². The summed E-state index contributed by atoms with van der Waals surface area (Å²) in [5, 5.41) is -0.0313. The standard InChI is InChI=1S/C16H14OS3/c1-3-16(17)20-15-11-7-6-10-14(15)19-13-9-5-4-8-12(13)18-2/h3-11H,1H2,2H3. The van der Waals surface area contributed by atoms with E-state index in [1.54, 1.807) is 23.5 Å². The fourth-order valence-corrected chi connectivity index (χ4v) is 4.18. The highest BCUT2D eigenvalue weighted by Crippen LogP contribution is 2.39. The van der Waals surface area contributed by atoms with Gasteiger partial charge in [0.05, 0.1) is 0 Å². The maximum Gasteiger partial charge on any atom is 0.216 e. The van der Waals surface area contributed by atoms with Crippen LogP contribution in [-0.4, -0.2) is 11.4 Å². The van der Waals surface area contributed by atoms with Crippen LogP contribution in [0.4, 0.5) is 0 Å². The Bertz CT molecular complexity index is 623. The summed E-state index contributed by atoms with van der Waals surface area (Å²) < 4.78 is 0. The quantitative estimate of drug-likeness (QED) is 0.544. The molecule has 20 heavy (non-hydrogen) atoms. The lowest BCUT2D eigenvalue weighted by Gasteiger charge is -2.09. The van der Waals surface area contributed by atoms with Crippen LogP contribution in [0.1, 0.15) is 0 Å². The average Bonchev–Trinajstić information content (AvgIpc) is 2.49. The summed E-state index contributed by atoms with van der Waals surface area (Å²) in [4.78, 5) is 16.1. The molecule has 0 aromatic heterocycles. The van der Waals surface area contributed by atoms with E-state index in [0.29, 0.717) is 0 Å². The third-order valence-electron chi connectivity index (χ3n) is 2.52. The monoisotopic (exact) mass is 318 g/mol. The minimum absolute atomic E-state index is 0.0313. The zero-order chi connectivity index (χ0) is 14.4. The average molecular weight is 318 g/mol. The van der Waals surface area contributed by atoms with Gasteiger partial charge in [-0.3, -0.25) is 4.79 Å². The fraction of sp³-hybridized carbons (Fsp3) is 0.0625. The summed E-state index contributed by atoms with van der Waals surface area (Å²) in [6.07, 6.45) is 3.42. The van der Waals surface area contributed by atoms with Crippen LogP contribution in [0, 0.1) is 0 Å². The SMILES string of the molecule is C=CC(=O)Sc1ccccc1Sc1ccccc1SC. The smallest absolute Gasteiger partial charge is 0.216 e. The van der Waals surface area contributed by atoms with Gasteiger partial charge in [-0.1, -0.05) is 42.6 Å². The first-order valence-corrected chi connectivity index (χ1v) is 8.84. The number of hydrogen-bond donors (Lipinski definition) is 0. The first kappa shape index (κ1) is 15.3. The first-order valence-electron chi connectivity index (χ1n) is 5.98. The van der Waals surface area contributed by atoms with Gasteiger partial charge in [0.15, 0.2) is 0 Å². The number of hydrogen-bond acceptors (Lipinski definition) is 4. The second-order valence-corrected chi connectivity index (χ2v) is 6.80. The number of carbonyl (C=O) groups is 1. The Morgan fingerprint density at radius 3 is 2.00 bits per heavy atom. The highest BCUT2D eigenvalue weighted by Gasteiger charge is 2.09. The van der Waals surface area contributed by atoms with E-state index < -0.39 is 0 Å². The van der Waals surface area contributed by atoms with Gasteiger partial charge in [-0.15, -0.1) is 11.8 Å². The Balaban J connectivity index is 2.29. The molecule has 2 rings (SSSR count). The molecule has 0 atom stereocenters. The third kappa shape index (κ3) is 3.95. The largest absolute Gasteiger partial charge is 0.282 e. The summed E-state index contributed by atoms with van der Waals surface area (Å²) in [6.45, 7) is 3.52. The van der Waals surface area contributed by atoms with E-state index in [1.807, 2.05) is 36.4 Å². The lowest BCUT2D eigenvalue weighted by Crippen LogP contribution is -1.86. The Hall–Kier alpha value is -1.10. The van der Waals surface area contributed by atoms with Crippen LogP contribution in [0.25, 0.3) is 0 Å². The second-order valence-electron chi connectivity index (χ2n) is 3.82. The molecule has 0 unspecified atom stereocenters. The van der Waals surface area contributed by atoms with Gasteiger partial charge in [0.1, 0.15) is 0 Å². The minimum Gasteiger partial charge on any atom is -0.282 e. The van der Waals surface area contributed by atoms with Crippen molar-refractivity contribution in [3.8, 4) is 0 Å². The number of carbonyl (C=O) groups excluding carboxylic acids is 1. The maximum atomic E-state index is 11.5. The first-order chi connectivity index (χ1) is 9.74. The van der Waals surface area contributed by atoms with Crippen LogP contribution >= 0.6 is 35.3 Å². The number of benzene rings is 2. The summed E-state index contributed by atoms with van der Waals surface area (Å²) in [7, 11) is 0. The third-order valence-corrected chi connectivity index (χ3v) is 5.67. The van der Waals surface area contributed by atoms with Crippen molar-refractivity contribution in [1.82, 2.24) is 0 Å². The lowest BCUT2D eigenvalue weighted by molar-refractivity contribution is -0.107. The topological polar surface area (TPSA) is 17.1 Å². The molecule has 0 saturated carbocycles. The molecule has 0 aliphatic carbocycles. The molecule has 2 aromatic rings. The maximum absolute atomic E-state index is 11.5. The van der Waals surface area contributed by atoms with Crippen molar-refractivity contribution in [3.05, 3.63) is 61.2 Å². The van der Waals surface area contributed by atoms with Crippen molar-refractivity contribution in [1.29, 1.82) is 0 Å². The highest BCUT2D eigenvalue weighted by atomic mass is 32.2. The Morgan fingerprint density at radius 1 is 0.950 bits per heavy atom. The van der Waals surface area contributed by atoms with Crippen LogP contribution < -0.4 is 0 Å². The lowest BCUT2D eigenvalue weighted by atomic mass is 10.4. The van der Waals surface area contributed by atoms with Crippen molar-refractivity contribution in [2.45, 2.75) is 19.6 Å². The molecule has 0 fully saturated rings. The van der Waals surface area contributed by atoms with Crippen LogP contribution in [0.3, 0.4) is 0 Å². The summed E-state index contributed by atoms with van der Waals surface area (Å²) in [5.41, 5.74) is 0. The van der Waals surface area contributed by atoms with Crippen molar-refractivity contribution in [3.63, 3.8) is 0 Å². The Morgan fingerprint density at radius 2 is 1.45 bits per heavy atom. The molecule has 0 N–H and O–H groups in total. The van der Waals surface area contributed by atoms with Gasteiger partial charge in [0, 0.05) is 19.6 Å². The molecule has 4 heteroatoms.